The van der Waals surface area contributed by atoms with E-state index in [-0.39, 0.29) is 0 Å². The average Bonchev–Trinajstić information content (AvgIpc) is 3.17. The van der Waals surface area contributed by atoms with Crippen LogP contribution in [0, 0.1) is 23.7 Å². The summed E-state index contributed by atoms with van der Waals surface area (Å²) < 4.78 is 0. The van der Waals surface area contributed by atoms with Crippen molar-refractivity contribution in [2.45, 2.75) is 25.7 Å². The average molecular weight is 367 g/mol. The van der Waals surface area contributed by atoms with E-state index in [0.717, 1.165) is 35.4 Å². The van der Waals surface area contributed by atoms with Gasteiger partial charge in [-0.05, 0) is 37.1 Å². The smallest absolute Gasteiger partial charge is 0.0775 e. The lowest BCUT2D eigenvalue weighted by Crippen LogP contribution is -1.71. The monoisotopic (exact) mass is 366 g/mol. The Bertz CT molecular complexity index is 642. The Morgan fingerprint density at radius 1 is 0.727 bits per heavy atom. The number of rotatable bonds is 5. The van der Waals surface area contributed by atoms with Crippen LogP contribution in [0.5, 0.6) is 0 Å². The minimum absolute atomic E-state index is 0.675. The Hall–Kier alpha value is -0.900. The van der Waals surface area contributed by atoms with Crippen molar-refractivity contribution in [3.05, 3.63) is 34.0 Å². The molecule has 2 heterocycles. The highest BCUT2D eigenvalue weighted by Gasteiger charge is 2.04. The summed E-state index contributed by atoms with van der Waals surface area (Å²) in [4.78, 5) is 4.71. The van der Waals surface area contributed by atoms with Crippen molar-refractivity contribution < 1.29 is 0 Å². The minimum atomic E-state index is 0.675. The molecule has 0 N–H and O–H groups in total. The van der Waals surface area contributed by atoms with Gasteiger partial charge in [-0.25, -0.2) is 0 Å². The van der Waals surface area contributed by atoms with Gasteiger partial charge in [-0.1, -0.05) is 23.7 Å². The normalized spacial score (nSPS) is 9.73. The summed E-state index contributed by atoms with van der Waals surface area (Å²) in [5.74, 6) is 14.1. The highest BCUT2D eigenvalue weighted by molar-refractivity contribution is 7.22. The van der Waals surface area contributed by atoms with Crippen LogP contribution in [0.15, 0.2) is 24.3 Å². The van der Waals surface area contributed by atoms with Gasteiger partial charge in [0, 0.05) is 34.4 Å². The summed E-state index contributed by atoms with van der Waals surface area (Å²) in [5, 5.41) is 0. The first-order chi connectivity index (χ1) is 10.8. The van der Waals surface area contributed by atoms with Crippen LogP contribution in [0.2, 0.25) is 0 Å². The molecule has 0 spiro atoms. The molecule has 0 fully saturated rings. The molecule has 2 rings (SSSR count). The van der Waals surface area contributed by atoms with Crippen molar-refractivity contribution in [1.82, 2.24) is 0 Å². The molecule has 4 heteroatoms. The van der Waals surface area contributed by atoms with E-state index in [4.69, 9.17) is 23.2 Å². The van der Waals surface area contributed by atoms with Crippen LogP contribution < -0.4 is 0 Å². The molecule has 2 aromatic rings. The summed E-state index contributed by atoms with van der Waals surface area (Å²) in [6.07, 6.45) is 3.61. The van der Waals surface area contributed by atoms with Gasteiger partial charge in [0.25, 0.3) is 0 Å². The fraction of sp³-hybridized carbons (Fsp3) is 0.333. The number of hydrogen-bond acceptors (Lipinski definition) is 2. The molecule has 0 aliphatic rings. The third-order valence-corrected chi connectivity index (χ3v) is 5.48. The van der Waals surface area contributed by atoms with Crippen molar-refractivity contribution in [1.29, 1.82) is 0 Å². The highest BCUT2D eigenvalue weighted by atomic mass is 35.5. The van der Waals surface area contributed by atoms with Crippen LogP contribution in [-0.2, 0) is 0 Å². The third kappa shape index (κ3) is 5.71. The molecule has 0 saturated heterocycles. The molecule has 0 nitrogen and oxygen atoms in total. The molecular formula is C18H16Cl2S2. The number of hydrogen-bond donors (Lipinski definition) is 0. The lowest BCUT2D eigenvalue weighted by atomic mass is 10.3. The van der Waals surface area contributed by atoms with Crippen LogP contribution in [0.4, 0.5) is 0 Å². The van der Waals surface area contributed by atoms with Crippen LogP contribution in [0.3, 0.4) is 0 Å². The van der Waals surface area contributed by atoms with Crippen LogP contribution in [-0.4, -0.2) is 11.8 Å². The van der Waals surface area contributed by atoms with Crippen LogP contribution in [0.25, 0.3) is 9.75 Å². The quantitative estimate of drug-likeness (QED) is 0.334. The summed E-state index contributed by atoms with van der Waals surface area (Å²) >= 11 is 14.7. The van der Waals surface area contributed by atoms with Gasteiger partial charge in [-0.2, -0.15) is 0 Å². The van der Waals surface area contributed by atoms with E-state index in [1.165, 1.54) is 9.75 Å². The molecule has 0 atom stereocenters. The standard InChI is InChI=1S/C18H16Cl2S2/c19-13-5-1-3-7-15-9-11-17(21-15)18-12-10-16(22-18)8-4-2-6-14-20/h9-12H,1-2,5-6,13-14H2. The van der Waals surface area contributed by atoms with E-state index < -0.39 is 0 Å². The molecule has 0 radical (unpaired) electrons. The van der Waals surface area contributed by atoms with Gasteiger partial charge in [0.05, 0.1) is 9.75 Å². The first kappa shape index (κ1) is 17.5. The van der Waals surface area contributed by atoms with E-state index in [2.05, 4.69) is 47.9 Å². The predicted octanol–water partition coefficient (Wildman–Crippen LogP) is 6.22. The van der Waals surface area contributed by atoms with Gasteiger partial charge in [0.15, 0.2) is 0 Å². The van der Waals surface area contributed by atoms with E-state index in [1.54, 1.807) is 22.7 Å². The lowest BCUT2D eigenvalue weighted by molar-refractivity contribution is 0.991. The maximum absolute atomic E-state index is 5.64. The fourth-order valence-electron chi connectivity index (χ4n) is 1.68. The van der Waals surface area contributed by atoms with Crippen molar-refractivity contribution in [3.63, 3.8) is 0 Å². The van der Waals surface area contributed by atoms with Gasteiger partial charge in [0.1, 0.15) is 0 Å². The molecular weight excluding hydrogens is 351 g/mol. The van der Waals surface area contributed by atoms with E-state index in [9.17, 15) is 0 Å². The molecule has 0 saturated carbocycles. The van der Waals surface area contributed by atoms with Crippen molar-refractivity contribution >= 4 is 45.9 Å². The first-order valence-electron chi connectivity index (χ1n) is 7.13. The predicted molar refractivity (Wildman–Crippen MR) is 101 cm³/mol. The zero-order valence-corrected chi connectivity index (χ0v) is 15.3. The van der Waals surface area contributed by atoms with Crippen molar-refractivity contribution in [2.75, 3.05) is 11.8 Å². The Balaban J connectivity index is 1.99. The van der Waals surface area contributed by atoms with Gasteiger partial charge in [0.2, 0.25) is 0 Å². The molecule has 0 aliphatic heterocycles. The molecule has 22 heavy (non-hydrogen) atoms. The number of thiophene rings is 2. The van der Waals surface area contributed by atoms with Crippen molar-refractivity contribution in [3.8, 4) is 33.4 Å². The topological polar surface area (TPSA) is 0 Å². The second-order valence-electron chi connectivity index (χ2n) is 4.52. The largest absolute Gasteiger partial charge is 0.127 e. The van der Waals surface area contributed by atoms with E-state index >= 15 is 0 Å². The van der Waals surface area contributed by atoms with Gasteiger partial charge in [-0.3, -0.25) is 0 Å². The Kier molecular flexibility index (Phi) is 7.92. The van der Waals surface area contributed by atoms with E-state index in [0.29, 0.717) is 11.8 Å². The molecule has 0 bridgehead atoms. The van der Waals surface area contributed by atoms with Gasteiger partial charge in [-0.15, -0.1) is 45.9 Å². The summed E-state index contributed by atoms with van der Waals surface area (Å²) in [5.41, 5.74) is 0. The molecule has 114 valence electrons. The zero-order valence-electron chi connectivity index (χ0n) is 12.1. The number of unbranched alkanes of at least 4 members (excludes halogenated alkanes) is 2. The SMILES string of the molecule is ClCCCC#Cc1ccc(-c2ccc(C#CCCCCl)s2)s1. The summed E-state index contributed by atoms with van der Waals surface area (Å²) in [6, 6.07) is 8.43. The molecule has 0 amide bonds. The van der Waals surface area contributed by atoms with Gasteiger partial charge < -0.3 is 0 Å². The van der Waals surface area contributed by atoms with Crippen molar-refractivity contribution in [2.24, 2.45) is 0 Å². The first-order valence-corrected chi connectivity index (χ1v) is 9.83. The Morgan fingerprint density at radius 2 is 1.18 bits per heavy atom. The Morgan fingerprint density at radius 3 is 1.59 bits per heavy atom. The zero-order chi connectivity index (χ0) is 15.6. The van der Waals surface area contributed by atoms with Gasteiger partial charge >= 0.3 is 0 Å². The maximum Gasteiger partial charge on any atom is 0.0775 e. The second-order valence-corrected chi connectivity index (χ2v) is 7.44. The van der Waals surface area contributed by atoms with Crippen LogP contribution in [0.1, 0.15) is 35.4 Å². The third-order valence-electron chi connectivity index (χ3n) is 2.75. The number of alkyl halides is 2. The number of halogens is 2. The molecule has 2 aromatic heterocycles. The lowest BCUT2D eigenvalue weighted by Gasteiger charge is -1.87. The summed E-state index contributed by atoms with van der Waals surface area (Å²) in [6.45, 7) is 0. The minimum Gasteiger partial charge on any atom is -0.127 e. The molecule has 0 unspecified atom stereocenters. The highest BCUT2D eigenvalue weighted by Crippen LogP contribution is 2.33. The maximum atomic E-state index is 5.64. The molecule has 0 aliphatic carbocycles. The second kappa shape index (κ2) is 9.98. The van der Waals surface area contributed by atoms with Crippen LogP contribution >= 0.6 is 45.9 Å². The fourth-order valence-corrected chi connectivity index (χ4v) is 3.80. The Labute approximate surface area is 150 Å². The molecule has 0 aromatic carbocycles. The van der Waals surface area contributed by atoms with E-state index in [1.807, 2.05) is 0 Å². The summed E-state index contributed by atoms with van der Waals surface area (Å²) in [7, 11) is 0.